The summed E-state index contributed by atoms with van der Waals surface area (Å²) < 4.78 is 42.9. The van der Waals surface area contributed by atoms with Gasteiger partial charge in [0.15, 0.2) is 0 Å². The lowest BCUT2D eigenvalue weighted by molar-refractivity contribution is -0.262. The predicted octanol–water partition coefficient (Wildman–Crippen LogP) is 3.17. The third-order valence-corrected chi connectivity index (χ3v) is 4.22. The second kappa shape index (κ2) is 5.35. The molecular formula is C14H19F3O4. The maximum atomic E-state index is 12.8. The van der Waals surface area contributed by atoms with Gasteiger partial charge in [-0.05, 0) is 24.7 Å². The fraction of sp³-hybridized carbons (Fsp3) is 0.714. The second-order valence-electron chi connectivity index (χ2n) is 6.03. The van der Waals surface area contributed by atoms with E-state index in [1.807, 2.05) is 0 Å². The molecule has 0 aliphatic heterocycles. The molecule has 1 rings (SSSR count). The summed E-state index contributed by atoms with van der Waals surface area (Å²) in [5, 5.41) is 8.96. The lowest BCUT2D eigenvalue weighted by Gasteiger charge is -2.29. The fourth-order valence-electron chi connectivity index (χ4n) is 2.28. The van der Waals surface area contributed by atoms with Crippen molar-refractivity contribution < 1.29 is 32.6 Å². The number of carboxylic acids is 1. The number of halogens is 3. The third-order valence-electron chi connectivity index (χ3n) is 4.22. The number of hydrogen-bond acceptors (Lipinski definition) is 3. The van der Waals surface area contributed by atoms with Crippen molar-refractivity contribution in [2.75, 3.05) is 0 Å². The number of aliphatic carboxylic acids is 1. The molecule has 0 heterocycles. The summed E-state index contributed by atoms with van der Waals surface area (Å²) in [5.74, 6) is -3.14. The second-order valence-corrected chi connectivity index (χ2v) is 6.03. The molecule has 0 aromatic heterocycles. The van der Waals surface area contributed by atoms with Crippen LogP contribution in [0.5, 0.6) is 0 Å². The normalized spacial score (nSPS) is 27.2. The molecule has 1 fully saturated rings. The molecule has 1 N–H and O–H groups in total. The van der Waals surface area contributed by atoms with Crippen LogP contribution in [-0.2, 0) is 14.3 Å². The van der Waals surface area contributed by atoms with Crippen molar-refractivity contribution in [1.82, 2.24) is 0 Å². The zero-order valence-electron chi connectivity index (χ0n) is 12.3. The summed E-state index contributed by atoms with van der Waals surface area (Å²) in [6, 6.07) is 0. The quantitative estimate of drug-likeness (QED) is 0.626. The Morgan fingerprint density at radius 3 is 2.19 bits per heavy atom. The maximum absolute atomic E-state index is 12.8. The number of esters is 1. The number of allylic oxidation sites excluding steroid dienone is 1. The standard InChI is InChI=1S/C14H19F3O4/c1-5-13(4,14(15,16)17)21-9(18)7-6-8-10(11(19)20)12(8,2)3/h6-8,10H,5H2,1-4H3,(H,19,20). The molecule has 0 aromatic rings. The van der Waals surface area contributed by atoms with Gasteiger partial charge in [-0.3, -0.25) is 4.79 Å². The van der Waals surface area contributed by atoms with Gasteiger partial charge in [0.25, 0.3) is 0 Å². The minimum atomic E-state index is -4.66. The van der Waals surface area contributed by atoms with E-state index in [9.17, 15) is 22.8 Å². The zero-order valence-corrected chi connectivity index (χ0v) is 12.3. The van der Waals surface area contributed by atoms with E-state index in [0.29, 0.717) is 0 Å². The first-order chi connectivity index (χ1) is 9.37. The number of rotatable bonds is 5. The van der Waals surface area contributed by atoms with E-state index in [1.165, 1.54) is 13.0 Å². The highest BCUT2D eigenvalue weighted by molar-refractivity contribution is 5.83. The SMILES string of the molecule is CCC(C)(OC(=O)C=CC1C(C(=O)O)C1(C)C)C(F)(F)F. The van der Waals surface area contributed by atoms with Crippen molar-refractivity contribution in [2.24, 2.45) is 17.3 Å². The van der Waals surface area contributed by atoms with Gasteiger partial charge in [-0.15, -0.1) is 0 Å². The molecule has 120 valence electrons. The van der Waals surface area contributed by atoms with Crippen LogP contribution >= 0.6 is 0 Å². The molecule has 3 atom stereocenters. The Hall–Kier alpha value is -1.53. The molecule has 0 saturated heterocycles. The van der Waals surface area contributed by atoms with Gasteiger partial charge in [0.05, 0.1) is 5.92 Å². The molecule has 3 unspecified atom stereocenters. The van der Waals surface area contributed by atoms with Crippen LogP contribution in [0.4, 0.5) is 13.2 Å². The van der Waals surface area contributed by atoms with E-state index in [-0.39, 0.29) is 5.92 Å². The Morgan fingerprint density at radius 1 is 1.33 bits per heavy atom. The molecule has 7 heteroatoms. The van der Waals surface area contributed by atoms with Crippen molar-refractivity contribution in [1.29, 1.82) is 0 Å². The third kappa shape index (κ3) is 3.39. The fourth-order valence-corrected chi connectivity index (χ4v) is 2.28. The van der Waals surface area contributed by atoms with Crippen LogP contribution in [-0.4, -0.2) is 28.8 Å². The van der Waals surface area contributed by atoms with Crippen LogP contribution in [0.1, 0.15) is 34.1 Å². The minimum Gasteiger partial charge on any atom is -0.481 e. The van der Waals surface area contributed by atoms with Crippen LogP contribution in [0.2, 0.25) is 0 Å². The average molecular weight is 308 g/mol. The lowest BCUT2D eigenvalue weighted by atomic mass is 10.0. The van der Waals surface area contributed by atoms with Crippen molar-refractivity contribution in [3.63, 3.8) is 0 Å². The van der Waals surface area contributed by atoms with Crippen molar-refractivity contribution in [3.05, 3.63) is 12.2 Å². The van der Waals surface area contributed by atoms with Gasteiger partial charge in [0.2, 0.25) is 5.60 Å². The van der Waals surface area contributed by atoms with E-state index >= 15 is 0 Å². The largest absolute Gasteiger partial charge is 0.481 e. The Bertz CT molecular complexity index is 467. The number of carboxylic acid groups (broad SMARTS) is 1. The smallest absolute Gasteiger partial charge is 0.428 e. The number of hydrogen-bond donors (Lipinski definition) is 1. The van der Waals surface area contributed by atoms with Gasteiger partial charge in [0.1, 0.15) is 0 Å². The van der Waals surface area contributed by atoms with E-state index in [2.05, 4.69) is 4.74 Å². The molecular weight excluding hydrogens is 289 g/mol. The minimum absolute atomic E-state index is 0.388. The number of ether oxygens (including phenoxy) is 1. The molecule has 0 amide bonds. The highest BCUT2D eigenvalue weighted by atomic mass is 19.4. The van der Waals surface area contributed by atoms with E-state index in [1.54, 1.807) is 13.8 Å². The Morgan fingerprint density at radius 2 is 1.86 bits per heavy atom. The van der Waals surface area contributed by atoms with Crippen LogP contribution in [0.25, 0.3) is 0 Å². The first-order valence-corrected chi connectivity index (χ1v) is 6.57. The Balaban J connectivity index is 2.71. The van der Waals surface area contributed by atoms with Gasteiger partial charge in [-0.1, -0.05) is 26.8 Å². The Kier molecular flexibility index (Phi) is 4.46. The molecule has 0 aromatic carbocycles. The summed E-state index contributed by atoms with van der Waals surface area (Å²) in [6.45, 7) is 5.52. The summed E-state index contributed by atoms with van der Waals surface area (Å²) in [5.41, 5.74) is -3.06. The van der Waals surface area contributed by atoms with Crippen LogP contribution < -0.4 is 0 Å². The Labute approximate surface area is 121 Å². The highest BCUT2D eigenvalue weighted by Gasteiger charge is 2.60. The van der Waals surface area contributed by atoms with Crippen molar-refractivity contribution in [3.8, 4) is 0 Å². The monoisotopic (exact) mass is 308 g/mol. The molecule has 21 heavy (non-hydrogen) atoms. The molecule has 0 bridgehead atoms. The van der Waals surface area contributed by atoms with Crippen LogP contribution in [0, 0.1) is 17.3 Å². The number of alkyl halides is 3. The van der Waals surface area contributed by atoms with E-state index in [4.69, 9.17) is 5.11 Å². The average Bonchev–Trinajstić information content (AvgIpc) is 2.87. The highest BCUT2D eigenvalue weighted by Crippen LogP contribution is 2.59. The van der Waals surface area contributed by atoms with Crippen molar-refractivity contribution in [2.45, 2.75) is 45.9 Å². The topological polar surface area (TPSA) is 63.6 Å². The molecule has 4 nitrogen and oxygen atoms in total. The summed E-state index contributed by atoms with van der Waals surface area (Å²) in [7, 11) is 0. The molecule has 0 spiro atoms. The maximum Gasteiger partial charge on any atom is 0.428 e. The summed E-state index contributed by atoms with van der Waals surface area (Å²) in [6.07, 6.45) is -2.86. The lowest BCUT2D eigenvalue weighted by Crippen LogP contribution is -2.45. The van der Waals surface area contributed by atoms with Crippen molar-refractivity contribution >= 4 is 11.9 Å². The molecule has 1 aliphatic rings. The molecule has 1 saturated carbocycles. The van der Waals surface area contributed by atoms with Gasteiger partial charge in [0, 0.05) is 6.08 Å². The van der Waals surface area contributed by atoms with E-state index in [0.717, 1.165) is 13.0 Å². The predicted molar refractivity (Wildman–Crippen MR) is 68.4 cm³/mol. The summed E-state index contributed by atoms with van der Waals surface area (Å²) >= 11 is 0. The zero-order chi connectivity index (χ0) is 16.6. The van der Waals surface area contributed by atoms with Crippen LogP contribution in [0.15, 0.2) is 12.2 Å². The number of carbonyl (C=O) groups excluding carboxylic acids is 1. The van der Waals surface area contributed by atoms with Gasteiger partial charge >= 0.3 is 18.1 Å². The molecule has 0 radical (unpaired) electrons. The first kappa shape index (κ1) is 17.5. The number of carbonyl (C=O) groups is 2. The van der Waals surface area contributed by atoms with Gasteiger partial charge in [-0.2, -0.15) is 13.2 Å². The van der Waals surface area contributed by atoms with Gasteiger partial charge in [-0.25, -0.2) is 4.79 Å². The van der Waals surface area contributed by atoms with Gasteiger partial charge < -0.3 is 9.84 Å². The van der Waals surface area contributed by atoms with E-state index < -0.39 is 41.5 Å². The molecule has 1 aliphatic carbocycles. The first-order valence-electron chi connectivity index (χ1n) is 6.57. The van der Waals surface area contributed by atoms with Crippen LogP contribution in [0.3, 0.4) is 0 Å². The summed E-state index contributed by atoms with van der Waals surface area (Å²) in [4.78, 5) is 22.5.